The molecule has 0 aromatic carbocycles. The Labute approximate surface area is 60.7 Å². The molecule has 8 nitrogen and oxygen atoms in total. The Morgan fingerprint density at radius 1 is 1.73 bits per heavy atom. The Balaban J connectivity index is 2.50. The Bertz CT molecular complexity index is 204. The predicted molar refractivity (Wildman–Crippen MR) is 32.7 cm³/mol. The van der Waals surface area contributed by atoms with Crippen LogP contribution >= 0.6 is 0 Å². The van der Waals surface area contributed by atoms with E-state index in [2.05, 4.69) is 10.3 Å². The third-order valence-electron chi connectivity index (χ3n) is 1.03. The van der Waals surface area contributed by atoms with Crippen LogP contribution in [0.4, 0.5) is 0 Å². The summed E-state index contributed by atoms with van der Waals surface area (Å²) >= 11 is 0. The van der Waals surface area contributed by atoms with Crippen molar-refractivity contribution >= 4 is 5.96 Å². The highest BCUT2D eigenvalue weighted by atomic mass is 16.7. The third-order valence-corrected chi connectivity index (χ3v) is 1.03. The molecule has 4 N–H and O–H groups in total. The van der Waals surface area contributed by atoms with Crippen LogP contribution in [0.5, 0.6) is 0 Å². The van der Waals surface area contributed by atoms with Crippen molar-refractivity contribution in [1.29, 1.82) is 0 Å². The molecule has 0 amide bonds. The number of aliphatic hydroxyl groups is 2. The molecule has 1 heterocycles. The molecule has 1 aliphatic rings. The van der Waals surface area contributed by atoms with Gasteiger partial charge in [-0.15, -0.1) is 0 Å². The summed E-state index contributed by atoms with van der Waals surface area (Å²) in [6.07, 6.45) is -2.63. The molecular weight excluding hydrogens is 156 g/mol. The number of hydrogen-bond acceptors (Lipinski definition) is 6. The first-order valence-corrected chi connectivity index (χ1v) is 2.71. The number of rotatable bonds is 1. The number of aliphatic imine (C=N–C) groups is 1. The highest BCUT2D eigenvalue weighted by Gasteiger charge is 2.26. The van der Waals surface area contributed by atoms with Crippen molar-refractivity contribution in [2.24, 2.45) is 4.99 Å². The van der Waals surface area contributed by atoms with Gasteiger partial charge < -0.3 is 15.5 Å². The van der Waals surface area contributed by atoms with Gasteiger partial charge in [-0.1, -0.05) is 5.43 Å². The molecule has 0 spiro atoms. The number of aliphatic hydroxyl groups excluding tert-OH is 2. The number of nitro groups is 1. The zero-order valence-corrected chi connectivity index (χ0v) is 5.26. The van der Waals surface area contributed by atoms with Gasteiger partial charge >= 0.3 is 0 Å². The summed E-state index contributed by atoms with van der Waals surface area (Å²) in [7, 11) is 0. The quantitative estimate of drug-likeness (QED) is 0.247. The van der Waals surface area contributed by atoms with E-state index >= 15 is 0 Å². The minimum Gasteiger partial charge on any atom is -0.369 e. The van der Waals surface area contributed by atoms with Gasteiger partial charge in [-0.05, 0) is 0 Å². The highest BCUT2D eigenvalue weighted by Crippen LogP contribution is 1.98. The van der Waals surface area contributed by atoms with E-state index < -0.39 is 17.5 Å². The molecule has 0 fully saturated rings. The fourth-order valence-corrected chi connectivity index (χ4v) is 0.602. The number of guanidine groups is 1. The molecule has 11 heavy (non-hydrogen) atoms. The van der Waals surface area contributed by atoms with Crippen molar-refractivity contribution in [2.75, 3.05) is 0 Å². The van der Waals surface area contributed by atoms with E-state index in [4.69, 9.17) is 10.2 Å². The van der Waals surface area contributed by atoms with Gasteiger partial charge in [-0.25, -0.2) is 15.1 Å². The molecular formula is C3H6N4O4. The lowest BCUT2D eigenvalue weighted by molar-refractivity contribution is -0.525. The van der Waals surface area contributed by atoms with Crippen molar-refractivity contribution in [3.05, 3.63) is 10.1 Å². The van der Waals surface area contributed by atoms with Gasteiger partial charge in [0.2, 0.25) is 0 Å². The van der Waals surface area contributed by atoms with Gasteiger partial charge in [-0.3, -0.25) is 0 Å². The summed E-state index contributed by atoms with van der Waals surface area (Å²) in [4.78, 5) is 13.0. The monoisotopic (exact) mass is 162 g/mol. The molecule has 62 valence electrons. The lowest BCUT2D eigenvalue weighted by Gasteiger charge is -2.04. The first-order valence-electron chi connectivity index (χ1n) is 2.71. The second-order valence-corrected chi connectivity index (χ2v) is 1.85. The third kappa shape index (κ3) is 1.75. The van der Waals surface area contributed by atoms with Crippen molar-refractivity contribution < 1.29 is 15.2 Å². The molecule has 0 unspecified atom stereocenters. The average molecular weight is 162 g/mol. The maximum Gasteiger partial charge on any atom is 0.259 e. The van der Waals surface area contributed by atoms with E-state index in [1.165, 1.54) is 0 Å². The largest absolute Gasteiger partial charge is 0.369 e. The van der Waals surface area contributed by atoms with Crippen molar-refractivity contribution in [3.63, 3.8) is 0 Å². The lowest BCUT2D eigenvalue weighted by atomic mass is 10.5. The minimum absolute atomic E-state index is 0.255. The zero-order chi connectivity index (χ0) is 8.43. The van der Waals surface area contributed by atoms with Crippen LogP contribution in [0, 0.1) is 10.1 Å². The van der Waals surface area contributed by atoms with Crippen molar-refractivity contribution in [1.82, 2.24) is 10.7 Å². The summed E-state index contributed by atoms with van der Waals surface area (Å²) in [5, 5.41) is 28.5. The zero-order valence-electron chi connectivity index (χ0n) is 5.26. The SMILES string of the molecule is O=[N+]([O-])NC1=N[C@H](O)[C@@H](O)N1. The van der Waals surface area contributed by atoms with Crippen LogP contribution in [0.1, 0.15) is 0 Å². The first-order chi connectivity index (χ1) is 5.09. The lowest BCUT2D eigenvalue weighted by Crippen LogP contribution is -2.42. The van der Waals surface area contributed by atoms with Crippen molar-refractivity contribution in [3.8, 4) is 0 Å². The Hall–Kier alpha value is -1.41. The smallest absolute Gasteiger partial charge is 0.259 e. The maximum absolute atomic E-state index is 9.78. The topological polar surface area (TPSA) is 120 Å². The molecule has 0 aromatic rings. The number of nitrogens with one attached hydrogen (secondary N) is 2. The van der Waals surface area contributed by atoms with Gasteiger partial charge in [-0.2, -0.15) is 0 Å². The maximum atomic E-state index is 9.78. The molecule has 0 aromatic heterocycles. The van der Waals surface area contributed by atoms with Gasteiger partial charge in [0.15, 0.2) is 17.5 Å². The van der Waals surface area contributed by atoms with Crippen LogP contribution in [0.25, 0.3) is 0 Å². The molecule has 0 bridgehead atoms. The van der Waals surface area contributed by atoms with Gasteiger partial charge in [0, 0.05) is 0 Å². The molecule has 0 radical (unpaired) electrons. The molecule has 1 aliphatic heterocycles. The number of hydrogen-bond donors (Lipinski definition) is 4. The molecule has 0 saturated heterocycles. The standard InChI is InChI=1S/C3H6N4O4/c8-1-2(9)5-3(4-1)6-7(10)11/h1-2,8-9H,(H2,4,5,6)/t1-,2-/m1/s1. The second-order valence-electron chi connectivity index (χ2n) is 1.85. The average Bonchev–Trinajstić information content (AvgIpc) is 2.10. The summed E-state index contributed by atoms with van der Waals surface area (Å²) in [6, 6.07) is 0. The van der Waals surface area contributed by atoms with Crippen LogP contribution in [-0.2, 0) is 0 Å². The van der Waals surface area contributed by atoms with Crippen LogP contribution in [-0.4, -0.2) is 33.7 Å². The van der Waals surface area contributed by atoms with E-state index in [1.54, 1.807) is 5.43 Å². The number of hydrazine groups is 1. The normalized spacial score (nSPS) is 29.1. The Morgan fingerprint density at radius 2 is 2.36 bits per heavy atom. The van der Waals surface area contributed by atoms with Gasteiger partial charge in [0.1, 0.15) is 0 Å². The molecule has 0 aliphatic carbocycles. The fraction of sp³-hybridized carbons (Fsp3) is 0.667. The summed E-state index contributed by atoms with van der Waals surface area (Å²) in [5.74, 6) is -0.255. The van der Waals surface area contributed by atoms with Crippen LogP contribution in [0.15, 0.2) is 4.99 Å². The summed E-state index contributed by atoms with van der Waals surface area (Å²) < 4.78 is 0. The van der Waals surface area contributed by atoms with Crippen LogP contribution < -0.4 is 10.7 Å². The minimum atomic E-state index is -1.35. The number of nitrogens with zero attached hydrogens (tertiary/aromatic N) is 2. The second kappa shape index (κ2) is 2.68. The highest BCUT2D eigenvalue weighted by molar-refractivity contribution is 5.80. The van der Waals surface area contributed by atoms with E-state index in [9.17, 15) is 10.1 Å². The summed E-state index contributed by atoms with van der Waals surface area (Å²) in [6.45, 7) is 0. The molecule has 0 saturated carbocycles. The predicted octanol–water partition coefficient (Wildman–Crippen LogP) is -2.64. The molecule has 1 rings (SSSR count). The molecule has 8 heteroatoms. The van der Waals surface area contributed by atoms with E-state index in [1.807, 2.05) is 0 Å². The van der Waals surface area contributed by atoms with Crippen LogP contribution in [0.2, 0.25) is 0 Å². The Kier molecular flexibility index (Phi) is 1.87. The fourth-order valence-electron chi connectivity index (χ4n) is 0.602. The van der Waals surface area contributed by atoms with E-state index in [0.29, 0.717) is 0 Å². The Morgan fingerprint density at radius 3 is 2.73 bits per heavy atom. The van der Waals surface area contributed by atoms with Crippen molar-refractivity contribution in [2.45, 2.75) is 12.5 Å². The van der Waals surface area contributed by atoms with E-state index in [0.717, 1.165) is 0 Å². The molecule has 2 atom stereocenters. The van der Waals surface area contributed by atoms with Gasteiger partial charge in [0.25, 0.3) is 5.96 Å². The first kappa shape index (κ1) is 7.69. The van der Waals surface area contributed by atoms with Gasteiger partial charge in [0.05, 0.1) is 0 Å². The van der Waals surface area contributed by atoms with E-state index in [-0.39, 0.29) is 5.96 Å². The summed E-state index contributed by atoms with van der Waals surface area (Å²) in [5.41, 5.74) is 1.64. The van der Waals surface area contributed by atoms with Crippen LogP contribution in [0.3, 0.4) is 0 Å².